The van der Waals surface area contributed by atoms with Crippen molar-refractivity contribution < 1.29 is 9.13 Å². The number of nitrogens with zero attached hydrogens (tertiary/aromatic N) is 1. The number of halogens is 1. The third-order valence-corrected chi connectivity index (χ3v) is 4.37. The predicted molar refractivity (Wildman–Crippen MR) is 77.1 cm³/mol. The minimum absolute atomic E-state index is 0.0889. The van der Waals surface area contributed by atoms with Crippen LogP contribution in [-0.4, -0.2) is 44.2 Å². The molecule has 110 valence electrons. The summed E-state index contributed by atoms with van der Waals surface area (Å²) in [6, 6.07) is 6.72. The van der Waals surface area contributed by atoms with Crippen LogP contribution in [0.15, 0.2) is 24.3 Å². The van der Waals surface area contributed by atoms with E-state index in [1.807, 2.05) is 12.1 Å². The molecule has 1 aromatic carbocycles. The van der Waals surface area contributed by atoms with Crippen LogP contribution < -0.4 is 5.32 Å². The van der Waals surface area contributed by atoms with Crippen molar-refractivity contribution in [1.82, 2.24) is 10.2 Å². The van der Waals surface area contributed by atoms with Crippen LogP contribution in [0, 0.1) is 11.7 Å². The van der Waals surface area contributed by atoms with Gasteiger partial charge in [-0.15, -0.1) is 0 Å². The van der Waals surface area contributed by atoms with E-state index in [0.29, 0.717) is 0 Å². The third-order valence-electron chi connectivity index (χ3n) is 4.37. The summed E-state index contributed by atoms with van der Waals surface area (Å²) in [5, 5.41) is 3.41. The predicted octanol–water partition coefficient (Wildman–Crippen LogP) is 2.20. The molecule has 0 saturated carbocycles. The number of hydrogen-bond acceptors (Lipinski definition) is 3. The van der Waals surface area contributed by atoms with Gasteiger partial charge in [0.1, 0.15) is 5.82 Å². The van der Waals surface area contributed by atoms with Crippen LogP contribution in [0.2, 0.25) is 0 Å². The first-order valence-corrected chi connectivity index (χ1v) is 7.61. The first kappa shape index (κ1) is 14.0. The largest absolute Gasteiger partial charge is 0.371 e. The normalized spacial score (nSPS) is 25.8. The summed E-state index contributed by atoms with van der Waals surface area (Å²) >= 11 is 0. The molecule has 0 bridgehead atoms. The lowest BCUT2D eigenvalue weighted by Crippen LogP contribution is -2.43. The Labute approximate surface area is 120 Å². The van der Waals surface area contributed by atoms with Crippen molar-refractivity contribution in [3.8, 4) is 0 Å². The molecule has 0 aliphatic carbocycles. The molecule has 1 unspecified atom stereocenters. The van der Waals surface area contributed by atoms with E-state index < -0.39 is 0 Å². The van der Waals surface area contributed by atoms with Crippen molar-refractivity contribution in [1.29, 1.82) is 0 Å². The zero-order valence-electron chi connectivity index (χ0n) is 11.9. The Morgan fingerprint density at radius 3 is 2.70 bits per heavy atom. The molecule has 2 heterocycles. The van der Waals surface area contributed by atoms with Gasteiger partial charge in [-0.05, 0) is 49.5 Å². The average Bonchev–Trinajstić information content (AvgIpc) is 2.49. The minimum Gasteiger partial charge on any atom is -0.371 e. The maximum Gasteiger partial charge on any atom is 0.123 e. The molecular formula is C16H23FN2O. The Bertz CT molecular complexity index is 417. The number of morpholine rings is 1. The molecule has 2 aliphatic rings. The van der Waals surface area contributed by atoms with E-state index in [9.17, 15) is 4.39 Å². The van der Waals surface area contributed by atoms with Gasteiger partial charge in [0.15, 0.2) is 0 Å². The first-order chi connectivity index (χ1) is 9.81. The lowest BCUT2D eigenvalue weighted by atomic mass is 9.97. The van der Waals surface area contributed by atoms with Gasteiger partial charge in [-0.1, -0.05) is 12.1 Å². The molecule has 20 heavy (non-hydrogen) atoms. The molecular weight excluding hydrogens is 255 g/mol. The fraction of sp³-hybridized carbons (Fsp3) is 0.625. The fourth-order valence-electron chi connectivity index (χ4n) is 3.18. The fourth-order valence-corrected chi connectivity index (χ4v) is 3.18. The van der Waals surface area contributed by atoms with Crippen molar-refractivity contribution in [3.05, 3.63) is 35.6 Å². The van der Waals surface area contributed by atoms with Crippen LogP contribution in [0.3, 0.4) is 0 Å². The molecule has 2 fully saturated rings. The zero-order valence-corrected chi connectivity index (χ0v) is 11.9. The summed E-state index contributed by atoms with van der Waals surface area (Å²) in [7, 11) is 0. The molecule has 0 amide bonds. The average molecular weight is 278 g/mol. The molecule has 3 rings (SSSR count). The topological polar surface area (TPSA) is 24.5 Å². The van der Waals surface area contributed by atoms with Crippen LogP contribution >= 0.6 is 0 Å². The second-order valence-electron chi connectivity index (χ2n) is 5.86. The van der Waals surface area contributed by atoms with Crippen LogP contribution in [0.25, 0.3) is 0 Å². The molecule has 1 N–H and O–H groups in total. The molecule has 1 aromatic rings. The Balaban J connectivity index is 1.57. The van der Waals surface area contributed by atoms with Crippen molar-refractivity contribution in [2.45, 2.75) is 18.9 Å². The van der Waals surface area contributed by atoms with Crippen molar-refractivity contribution in [2.24, 2.45) is 5.92 Å². The molecule has 0 radical (unpaired) electrons. The number of nitrogens with one attached hydrogen (secondary N) is 1. The van der Waals surface area contributed by atoms with Gasteiger partial charge in [0.25, 0.3) is 0 Å². The molecule has 3 nitrogen and oxygen atoms in total. The van der Waals surface area contributed by atoms with E-state index in [-0.39, 0.29) is 11.9 Å². The number of hydrogen-bond donors (Lipinski definition) is 1. The molecule has 2 saturated heterocycles. The Kier molecular flexibility index (Phi) is 4.65. The van der Waals surface area contributed by atoms with Crippen LogP contribution in [-0.2, 0) is 4.74 Å². The quantitative estimate of drug-likeness (QED) is 0.917. The van der Waals surface area contributed by atoms with Gasteiger partial charge >= 0.3 is 0 Å². The SMILES string of the molecule is Fc1ccc(C2CN(CC3CCNCC3)CCO2)cc1. The van der Waals surface area contributed by atoms with E-state index in [1.54, 1.807) is 0 Å². The number of piperidine rings is 1. The monoisotopic (exact) mass is 278 g/mol. The molecule has 1 atom stereocenters. The van der Waals surface area contributed by atoms with E-state index in [2.05, 4.69) is 10.2 Å². The van der Waals surface area contributed by atoms with E-state index in [4.69, 9.17) is 4.74 Å². The third kappa shape index (κ3) is 3.57. The molecule has 0 aromatic heterocycles. The van der Waals surface area contributed by atoms with Gasteiger partial charge in [0.2, 0.25) is 0 Å². The van der Waals surface area contributed by atoms with Crippen LogP contribution in [0.5, 0.6) is 0 Å². The molecule has 2 aliphatic heterocycles. The highest BCUT2D eigenvalue weighted by atomic mass is 19.1. The first-order valence-electron chi connectivity index (χ1n) is 7.61. The standard InChI is InChI=1S/C16H23FN2O/c17-15-3-1-14(2-4-15)16-12-19(9-10-20-16)11-13-5-7-18-8-6-13/h1-4,13,16,18H,5-12H2. The highest BCUT2D eigenvalue weighted by Gasteiger charge is 2.24. The second kappa shape index (κ2) is 6.66. The van der Waals surface area contributed by atoms with Crippen LogP contribution in [0.1, 0.15) is 24.5 Å². The lowest BCUT2D eigenvalue weighted by Gasteiger charge is -2.36. The molecule has 4 heteroatoms. The van der Waals surface area contributed by atoms with Gasteiger partial charge in [0.05, 0.1) is 12.7 Å². The molecule has 0 spiro atoms. The maximum absolute atomic E-state index is 13.0. The summed E-state index contributed by atoms with van der Waals surface area (Å²) in [5.74, 6) is 0.624. The smallest absolute Gasteiger partial charge is 0.123 e. The summed E-state index contributed by atoms with van der Waals surface area (Å²) in [6.07, 6.45) is 2.64. The van der Waals surface area contributed by atoms with Crippen molar-refractivity contribution >= 4 is 0 Å². The summed E-state index contributed by atoms with van der Waals surface area (Å²) in [6.45, 7) is 6.18. The Hall–Kier alpha value is -0.970. The summed E-state index contributed by atoms with van der Waals surface area (Å²) in [4.78, 5) is 2.51. The zero-order chi connectivity index (χ0) is 13.8. The van der Waals surface area contributed by atoms with Crippen molar-refractivity contribution in [3.63, 3.8) is 0 Å². The lowest BCUT2D eigenvalue weighted by molar-refractivity contribution is -0.0357. The maximum atomic E-state index is 13.0. The van der Waals surface area contributed by atoms with Gasteiger partial charge in [0, 0.05) is 19.6 Å². The number of ether oxygens (including phenoxy) is 1. The highest BCUT2D eigenvalue weighted by Crippen LogP contribution is 2.24. The minimum atomic E-state index is -0.184. The number of rotatable bonds is 3. The summed E-state index contributed by atoms with van der Waals surface area (Å²) < 4.78 is 18.8. The Morgan fingerprint density at radius 1 is 1.20 bits per heavy atom. The van der Waals surface area contributed by atoms with Crippen molar-refractivity contribution in [2.75, 3.05) is 39.3 Å². The Morgan fingerprint density at radius 2 is 1.95 bits per heavy atom. The van der Waals surface area contributed by atoms with E-state index in [1.165, 1.54) is 31.5 Å². The summed E-state index contributed by atoms with van der Waals surface area (Å²) in [5.41, 5.74) is 1.08. The second-order valence-corrected chi connectivity index (χ2v) is 5.86. The number of benzene rings is 1. The van der Waals surface area contributed by atoms with Gasteiger partial charge < -0.3 is 10.1 Å². The van der Waals surface area contributed by atoms with Gasteiger partial charge in [-0.2, -0.15) is 0 Å². The highest BCUT2D eigenvalue weighted by molar-refractivity contribution is 5.19. The van der Waals surface area contributed by atoms with Gasteiger partial charge in [-0.25, -0.2) is 4.39 Å². The van der Waals surface area contributed by atoms with E-state index in [0.717, 1.165) is 44.3 Å². The van der Waals surface area contributed by atoms with E-state index >= 15 is 0 Å². The van der Waals surface area contributed by atoms with Crippen LogP contribution in [0.4, 0.5) is 4.39 Å². The van der Waals surface area contributed by atoms with Gasteiger partial charge in [-0.3, -0.25) is 4.90 Å².